The van der Waals surface area contributed by atoms with Crippen molar-refractivity contribution in [3.8, 4) is 0 Å². The molecular weight excluding hydrogens is 324 g/mol. The number of aryl methyl sites for hydroxylation is 2. The second kappa shape index (κ2) is 5.73. The second-order valence-corrected chi connectivity index (χ2v) is 7.81. The van der Waals surface area contributed by atoms with Crippen LogP contribution in [0.25, 0.3) is 21.1 Å². The first-order chi connectivity index (χ1) is 11.5. The van der Waals surface area contributed by atoms with Gasteiger partial charge in [-0.1, -0.05) is 12.8 Å². The fourth-order valence-electron chi connectivity index (χ4n) is 3.62. The van der Waals surface area contributed by atoms with Gasteiger partial charge in [0, 0.05) is 23.4 Å². The Labute approximate surface area is 143 Å². The zero-order valence-corrected chi connectivity index (χ0v) is 14.7. The number of aromatic nitrogens is 3. The monoisotopic (exact) mass is 344 g/mol. The molecule has 3 aromatic heterocycles. The third-order valence-corrected chi connectivity index (χ3v) is 5.88. The molecule has 0 saturated heterocycles. The molecule has 1 N–H and O–H groups in total. The molecule has 1 aliphatic carbocycles. The Hall–Kier alpha value is -2.15. The largest absolute Gasteiger partial charge is 0.352 e. The quantitative estimate of drug-likeness (QED) is 0.793. The number of carbonyl (C=O) groups is 1. The normalized spacial score (nSPS) is 15.6. The van der Waals surface area contributed by atoms with Crippen molar-refractivity contribution in [1.29, 1.82) is 0 Å². The molecule has 0 atom stereocenters. The van der Waals surface area contributed by atoms with E-state index >= 15 is 0 Å². The zero-order valence-electron chi connectivity index (χ0n) is 13.8. The summed E-state index contributed by atoms with van der Waals surface area (Å²) in [7, 11) is 1.89. The lowest BCUT2D eigenvalue weighted by Gasteiger charge is -2.12. The van der Waals surface area contributed by atoms with Gasteiger partial charge in [-0.3, -0.25) is 9.59 Å². The Kier molecular flexibility index (Phi) is 3.68. The molecule has 1 amide bonds. The number of fused-ring (bicyclic) bond motifs is 3. The van der Waals surface area contributed by atoms with Gasteiger partial charge < -0.3 is 9.88 Å². The van der Waals surface area contributed by atoms with Crippen LogP contribution in [0.4, 0.5) is 0 Å². The lowest BCUT2D eigenvalue weighted by Crippen LogP contribution is -2.38. The SMILES string of the molecule is Cc1cc2c(s1)c1cnn(CC(=O)NC3CCCC3)c(=O)c1n2C. The van der Waals surface area contributed by atoms with Crippen molar-refractivity contribution in [3.63, 3.8) is 0 Å². The molecule has 1 saturated carbocycles. The van der Waals surface area contributed by atoms with Gasteiger partial charge in [-0.2, -0.15) is 5.10 Å². The number of nitrogens with one attached hydrogen (secondary N) is 1. The molecule has 0 unspecified atom stereocenters. The molecule has 126 valence electrons. The van der Waals surface area contributed by atoms with Gasteiger partial charge in [0.2, 0.25) is 5.91 Å². The van der Waals surface area contributed by atoms with E-state index in [2.05, 4.69) is 23.4 Å². The highest BCUT2D eigenvalue weighted by Crippen LogP contribution is 2.32. The van der Waals surface area contributed by atoms with Crippen molar-refractivity contribution >= 4 is 38.4 Å². The van der Waals surface area contributed by atoms with Gasteiger partial charge in [0.25, 0.3) is 5.56 Å². The fourth-order valence-corrected chi connectivity index (χ4v) is 4.68. The lowest BCUT2D eigenvalue weighted by molar-refractivity contribution is -0.122. The van der Waals surface area contributed by atoms with Crippen molar-refractivity contribution in [2.45, 2.75) is 45.2 Å². The van der Waals surface area contributed by atoms with E-state index in [1.807, 2.05) is 11.6 Å². The van der Waals surface area contributed by atoms with E-state index < -0.39 is 0 Å². The van der Waals surface area contributed by atoms with Crippen LogP contribution in [-0.4, -0.2) is 26.3 Å². The molecule has 4 rings (SSSR count). The standard InChI is InChI=1S/C17H20N4O2S/c1-10-7-13-16(24-10)12-8-18-21(17(23)15(12)20(13)2)9-14(22)19-11-5-3-4-6-11/h7-8,11H,3-6,9H2,1-2H3,(H,19,22). The van der Waals surface area contributed by atoms with Crippen molar-refractivity contribution in [1.82, 2.24) is 19.7 Å². The number of carbonyl (C=O) groups excluding carboxylic acids is 1. The number of nitrogens with zero attached hydrogens (tertiary/aromatic N) is 3. The molecule has 0 radical (unpaired) electrons. The molecule has 7 heteroatoms. The maximum atomic E-state index is 12.8. The van der Waals surface area contributed by atoms with E-state index in [0.717, 1.165) is 41.3 Å². The molecule has 6 nitrogen and oxygen atoms in total. The van der Waals surface area contributed by atoms with Gasteiger partial charge >= 0.3 is 0 Å². The van der Waals surface area contributed by atoms with E-state index in [4.69, 9.17) is 0 Å². The Morgan fingerprint density at radius 2 is 2.17 bits per heavy atom. The summed E-state index contributed by atoms with van der Waals surface area (Å²) in [6.45, 7) is 2.03. The van der Waals surface area contributed by atoms with Crippen LogP contribution in [0.2, 0.25) is 0 Å². The maximum absolute atomic E-state index is 12.8. The third kappa shape index (κ3) is 2.43. The highest BCUT2D eigenvalue weighted by molar-refractivity contribution is 7.20. The third-order valence-electron chi connectivity index (χ3n) is 4.81. The minimum absolute atomic E-state index is 0.0247. The summed E-state index contributed by atoms with van der Waals surface area (Å²) >= 11 is 1.66. The van der Waals surface area contributed by atoms with Crippen molar-refractivity contribution in [2.75, 3.05) is 0 Å². The van der Waals surface area contributed by atoms with Gasteiger partial charge in [0.1, 0.15) is 12.1 Å². The topological polar surface area (TPSA) is 68.9 Å². The van der Waals surface area contributed by atoms with Gasteiger partial charge in [-0.25, -0.2) is 4.68 Å². The molecule has 0 bridgehead atoms. The average molecular weight is 344 g/mol. The van der Waals surface area contributed by atoms with E-state index in [1.54, 1.807) is 17.5 Å². The van der Waals surface area contributed by atoms with E-state index in [1.165, 1.54) is 9.56 Å². The molecule has 0 aliphatic heterocycles. The van der Waals surface area contributed by atoms with Crippen molar-refractivity contribution < 1.29 is 4.79 Å². The van der Waals surface area contributed by atoms with Crippen LogP contribution in [0, 0.1) is 6.92 Å². The van der Waals surface area contributed by atoms with E-state index in [0.29, 0.717) is 5.52 Å². The van der Waals surface area contributed by atoms with Gasteiger partial charge in [0.15, 0.2) is 0 Å². The summed E-state index contributed by atoms with van der Waals surface area (Å²) in [5.74, 6) is -0.136. The highest BCUT2D eigenvalue weighted by Gasteiger charge is 2.19. The van der Waals surface area contributed by atoms with Crippen LogP contribution in [0.15, 0.2) is 17.1 Å². The lowest BCUT2D eigenvalue weighted by atomic mass is 10.2. The highest BCUT2D eigenvalue weighted by atomic mass is 32.1. The van der Waals surface area contributed by atoms with Crippen LogP contribution in [0.3, 0.4) is 0 Å². The molecule has 0 aromatic carbocycles. The Morgan fingerprint density at radius 3 is 2.92 bits per heavy atom. The molecular formula is C17H20N4O2S. The minimum atomic E-state index is -0.211. The van der Waals surface area contributed by atoms with Gasteiger partial charge in [0.05, 0.1) is 16.4 Å². The molecule has 1 fully saturated rings. The maximum Gasteiger partial charge on any atom is 0.291 e. The number of amides is 1. The molecule has 3 heterocycles. The summed E-state index contributed by atoms with van der Waals surface area (Å²) in [6, 6.07) is 2.33. The summed E-state index contributed by atoms with van der Waals surface area (Å²) in [4.78, 5) is 26.2. The van der Waals surface area contributed by atoms with Crippen LogP contribution in [0.5, 0.6) is 0 Å². The second-order valence-electron chi connectivity index (χ2n) is 6.55. The first-order valence-electron chi connectivity index (χ1n) is 8.28. The minimum Gasteiger partial charge on any atom is -0.352 e. The first-order valence-corrected chi connectivity index (χ1v) is 9.10. The van der Waals surface area contributed by atoms with Gasteiger partial charge in [-0.15, -0.1) is 11.3 Å². The Bertz CT molecular complexity index is 992. The summed E-state index contributed by atoms with van der Waals surface area (Å²) in [5.41, 5.74) is 1.44. The molecule has 0 spiro atoms. The van der Waals surface area contributed by atoms with Crippen LogP contribution >= 0.6 is 11.3 Å². The first kappa shape index (κ1) is 15.4. The summed E-state index contributed by atoms with van der Waals surface area (Å²) in [6.07, 6.45) is 6.09. The zero-order chi connectivity index (χ0) is 16.8. The smallest absolute Gasteiger partial charge is 0.291 e. The number of hydrogen-bond acceptors (Lipinski definition) is 4. The average Bonchev–Trinajstić information content (AvgIpc) is 3.22. The van der Waals surface area contributed by atoms with Gasteiger partial charge in [-0.05, 0) is 25.8 Å². The summed E-state index contributed by atoms with van der Waals surface area (Å²) < 4.78 is 4.25. The van der Waals surface area contributed by atoms with Crippen molar-refractivity contribution in [3.05, 3.63) is 27.5 Å². The predicted molar refractivity (Wildman–Crippen MR) is 95.5 cm³/mol. The van der Waals surface area contributed by atoms with Crippen LogP contribution in [-0.2, 0) is 18.4 Å². The van der Waals surface area contributed by atoms with Crippen molar-refractivity contribution in [2.24, 2.45) is 7.05 Å². The predicted octanol–water partition coefficient (Wildman–Crippen LogP) is 2.32. The molecule has 24 heavy (non-hydrogen) atoms. The molecule has 3 aromatic rings. The van der Waals surface area contributed by atoms with E-state index in [-0.39, 0.29) is 24.1 Å². The number of rotatable bonds is 3. The van der Waals surface area contributed by atoms with Crippen LogP contribution < -0.4 is 10.9 Å². The van der Waals surface area contributed by atoms with Crippen LogP contribution in [0.1, 0.15) is 30.6 Å². The van der Waals surface area contributed by atoms with E-state index in [9.17, 15) is 9.59 Å². The number of thiophene rings is 1. The summed E-state index contributed by atoms with van der Waals surface area (Å²) in [5, 5.41) is 8.10. The Balaban J connectivity index is 1.69. The number of hydrogen-bond donors (Lipinski definition) is 1. The molecule has 1 aliphatic rings. The Morgan fingerprint density at radius 1 is 1.42 bits per heavy atom. The fraction of sp³-hybridized carbons (Fsp3) is 0.471.